The highest BCUT2D eigenvalue weighted by Crippen LogP contribution is 2.35. The van der Waals surface area contributed by atoms with Crippen molar-refractivity contribution in [2.24, 2.45) is 0 Å². The number of esters is 1. The number of nitrogen functional groups attached to an aromatic ring is 1. The van der Waals surface area contributed by atoms with E-state index in [1.54, 1.807) is 12.1 Å². The number of nitrogens with one attached hydrogen (secondary N) is 1. The number of rotatable bonds is 4. The molecule has 4 nitrogen and oxygen atoms in total. The molecule has 2 rings (SSSR count). The first-order chi connectivity index (χ1) is 10.0. The second kappa shape index (κ2) is 6.70. The summed E-state index contributed by atoms with van der Waals surface area (Å²) in [6.45, 7) is 0. The van der Waals surface area contributed by atoms with Gasteiger partial charge in [0, 0.05) is 5.69 Å². The molecule has 21 heavy (non-hydrogen) atoms. The summed E-state index contributed by atoms with van der Waals surface area (Å²) < 4.78 is 4.83. The predicted octanol–water partition coefficient (Wildman–Crippen LogP) is 3.90. The maximum atomic E-state index is 12.0. The fourth-order valence-corrected chi connectivity index (χ4v) is 2.53. The molecule has 110 valence electrons. The fraction of sp³-hybridized carbons (Fsp3) is 0.133. The molecule has 0 saturated carbocycles. The number of benzene rings is 2. The molecule has 0 bridgehead atoms. The molecule has 2 aromatic rings. The van der Waals surface area contributed by atoms with Crippen LogP contribution in [0.1, 0.15) is 11.6 Å². The topological polar surface area (TPSA) is 64.3 Å². The number of anilines is 2. The number of halogens is 2. The van der Waals surface area contributed by atoms with E-state index in [-0.39, 0.29) is 0 Å². The summed E-state index contributed by atoms with van der Waals surface area (Å²) in [7, 11) is 1.33. The summed E-state index contributed by atoms with van der Waals surface area (Å²) in [5.41, 5.74) is 7.30. The van der Waals surface area contributed by atoms with Gasteiger partial charge in [0.15, 0.2) is 6.04 Å². The summed E-state index contributed by atoms with van der Waals surface area (Å²) in [4.78, 5) is 12.0. The highest BCUT2D eigenvalue weighted by atomic mass is 35.5. The Labute approximate surface area is 132 Å². The van der Waals surface area contributed by atoms with Gasteiger partial charge in [0.25, 0.3) is 0 Å². The first-order valence-corrected chi connectivity index (χ1v) is 6.92. The maximum Gasteiger partial charge on any atom is 0.332 e. The molecule has 3 N–H and O–H groups in total. The third-order valence-electron chi connectivity index (χ3n) is 2.92. The average molecular weight is 325 g/mol. The Morgan fingerprint density at radius 1 is 1.19 bits per heavy atom. The Kier molecular flexibility index (Phi) is 4.94. The summed E-state index contributed by atoms with van der Waals surface area (Å²) >= 11 is 12.3. The van der Waals surface area contributed by atoms with E-state index >= 15 is 0 Å². The van der Waals surface area contributed by atoms with Crippen LogP contribution in [0.5, 0.6) is 0 Å². The molecule has 0 aliphatic carbocycles. The van der Waals surface area contributed by atoms with Gasteiger partial charge in [-0.1, -0.05) is 53.5 Å². The highest BCUT2D eigenvalue weighted by Gasteiger charge is 2.23. The van der Waals surface area contributed by atoms with Crippen LogP contribution in [0.15, 0.2) is 42.5 Å². The monoisotopic (exact) mass is 324 g/mol. The largest absolute Gasteiger partial charge is 0.467 e. The average Bonchev–Trinajstić information content (AvgIpc) is 2.46. The lowest BCUT2D eigenvalue weighted by Crippen LogP contribution is -2.22. The van der Waals surface area contributed by atoms with E-state index < -0.39 is 12.0 Å². The predicted molar refractivity (Wildman–Crippen MR) is 85.7 cm³/mol. The zero-order chi connectivity index (χ0) is 15.4. The van der Waals surface area contributed by atoms with Crippen molar-refractivity contribution in [1.82, 2.24) is 0 Å². The standard InChI is InChI=1S/C15H14Cl2N2O2/c1-21-15(20)13(9-5-3-2-4-6-9)19-14-11(16)7-10(18)8-12(14)17/h2-8,13,19H,18H2,1H3. The summed E-state index contributed by atoms with van der Waals surface area (Å²) in [5.74, 6) is -0.440. The zero-order valence-electron chi connectivity index (χ0n) is 11.3. The van der Waals surface area contributed by atoms with Gasteiger partial charge < -0.3 is 15.8 Å². The van der Waals surface area contributed by atoms with Gasteiger partial charge in [0.2, 0.25) is 0 Å². The fourth-order valence-electron chi connectivity index (χ4n) is 1.92. The molecule has 0 amide bonds. The number of hydrogen-bond donors (Lipinski definition) is 2. The van der Waals surface area contributed by atoms with Gasteiger partial charge in [-0.3, -0.25) is 0 Å². The molecular weight excluding hydrogens is 311 g/mol. The van der Waals surface area contributed by atoms with E-state index in [9.17, 15) is 4.79 Å². The van der Waals surface area contributed by atoms with Gasteiger partial charge >= 0.3 is 5.97 Å². The molecule has 2 aromatic carbocycles. The second-order valence-electron chi connectivity index (χ2n) is 4.37. The number of carbonyl (C=O) groups is 1. The van der Waals surface area contributed by atoms with Crippen LogP contribution in [-0.4, -0.2) is 13.1 Å². The van der Waals surface area contributed by atoms with Crippen molar-refractivity contribution in [2.75, 3.05) is 18.2 Å². The van der Waals surface area contributed by atoms with E-state index in [0.717, 1.165) is 5.56 Å². The van der Waals surface area contributed by atoms with Crippen molar-refractivity contribution in [2.45, 2.75) is 6.04 Å². The maximum absolute atomic E-state index is 12.0. The minimum absolute atomic E-state index is 0.338. The van der Waals surface area contributed by atoms with E-state index in [0.29, 0.717) is 21.4 Å². The van der Waals surface area contributed by atoms with Gasteiger partial charge in [0.1, 0.15) is 0 Å². The van der Waals surface area contributed by atoms with Crippen LogP contribution in [0.4, 0.5) is 11.4 Å². The first kappa shape index (κ1) is 15.5. The lowest BCUT2D eigenvalue weighted by molar-refractivity contribution is -0.141. The number of nitrogens with two attached hydrogens (primary N) is 1. The van der Waals surface area contributed by atoms with Crippen molar-refractivity contribution in [3.05, 3.63) is 58.1 Å². The molecule has 0 saturated heterocycles. The summed E-state index contributed by atoms with van der Waals surface area (Å²) in [5, 5.41) is 3.69. The molecule has 0 heterocycles. The Morgan fingerprint density at radius 2 is 1.76 bits per heavy atom. The van der Waals surface area contributed by atoms with Gasteiger partial charge in [-0.25, -0.2) is 4.79 Å². The van der Waals surface area contributed by atoms with Crippen molar-refractivity contribution in [3.63, 3.8) is 0 Å². The Morgan fingerprint density at radius 3 is 2.29 bits per heavy atom. The van der Waals surface area contributed by atoms with E-state index in [1.165, 1.54) is 7.11 Å². The summed E-state index contributed by atoms with van der Waals surface area (Å²) in [6.07, 6.45) is 0. The number of methoxy groups -OCH3 is 1. The Balaban J connectivity index is 2.39. The van der Waals surface area contributed by atoms with Crippen LogP contribution in [0, 0.1) is 0 Å². The quantitative estimate of drug-likeness (QED) is 0.661. The third kappa shape index (κ3) is 3.60. The van der Waals surface area contributed by atoms with Crippen molar-refractivity contribution in [3.8, 4) is 0 Å². The normalized spacial score (nSPS) is 11.8. The van der Waals surface area contributed by atoms with Crippen LogP contribution in [0.25, 0.3) is 0 Å². The molecule has 6 heteroatoms. The van der Waals surface area contributed by atoms with Gasteiger partial charge in [-0.15, -0.1) is 0 Å². The third-order valence-corrected chi connectivity index (χ3v) is 3.52. The highest BCUT2D eigenvalue weighted by molar-refractivity contribution is 6.39. The second-order valence-corrected chi connectivity index (χ2v) is 5.19. The van der Waals surface area contributed by atoms with Gasteiger partial charge in [0.05, 0.1) is 22.8 Å². The lowest BCUT2D eigenvalue weighted by Gasteiger charge is -2.20. The molecule has 1 unspecified atom stereocenters. The van der Waals surface area contributed by atoms with E-state index in [4.69, 9.17) is 33.7 Å². The smallest absolute Gasteiger partial charge is 0.332 e. The SMILES string of the molecule is COC(=O)C(Nc1c(Cl)cc(N)cc1Cl)c1ccccc1. The molecule has 0 aliphatic heterocycles. The number of ether oxygens (including phenoxy) is 1. The molecule has 0 spiro atoms. The summed E-state index contributed by atoms with van der Waals surface area (Å²) in [6, 6.07) is 11.6. The zero-order valence-corrected chi connectivity index (χ0v) is 12.8. The van der Waals surface area contributed by atoms with Crippen LogP contribution < -0.4 is 11.1 Å². The lowest BCUT2D eigenvalue weighted by atomic mass is 10.1. The molecule has 0 fully saturated rings. The minimum atomic E-state index is -0.713. The van der Waals surface area contributed by atoms with Crippen molar-refractivity contribution < 1.29 is 9.53 Å². The van der Waals surface area contributed by atoms with Crippen LogP contribution in [-0.2, 0) is 9.53 Å². The van der Waals surface area contributed by atoms with Crippen LogP contribution in [0.2, 0.25) is 10.0 Å². The van der Waals surface area contributed by atoms with Gasteiger partial charge in [-0.2, -0.15) is 0 Å². The molecule has 0 aliphatic rings. The van der Waals surface area contributed by atoms with Gasteiger partial charge in [-0.05, 0) is 17.7 Å². The van der Waals surface area contributed by atoms with E-state index in [1.807, 2.05) is 30.3 Å². The Hall–Kier alpha value is -1.91. The molecular formula is C15H14Cl2N2O2. The molecule has 0 radical (unpaired) electrons. The molecule has 1 atom stereocenters. The van der Waals surface area contributed by atoms with E-state index in [2.05, 4.69) is 5.32 Å². The van der Waals surface area contributed by atoms with Crippen LogP contribution >= 0.6 is 23.2 Å². The number of carbonyl (C=O) groups excluding carboxylic acids is 1. The Bertz CT molecular complexity index is 624. The minimum Gasteiger partial charge on any atom is -0.467 e. The van der Waals surface area contributed by atoms with Crippen LogP contribution in [0.3, 0.4) is 0 Å². The van der Waals surface area contributed by atoms with Crippen molar-refractivity contribution >= 4 is 40.5 Å². The molecule has 0 aromatic heterocycles. The first-order valence-electron chi connectivity index (χ1n) is 6.16. The number of hydrogen-bond acceptors (Lipinski definition) is 4. The van der Waals surface area contributed by atoms with Crippen molar-refractivity contribution in [1.29, 1.82) is 0 Å².